The number of hydrogen-bond acceptors (Lipinski definition) is 5. The maximum Gasteiger partial charge on any atom is 0.508 e. The molecular formula is C10H17ClO5. The van der Waals surface area contributed by atoms with Gasteiger partial charge >= 0.3 is 12.1 Å². The first-order valence-corrected chi connectivity index (χ1v) is 5.75. The summed E-state index contributed by atoms with van der Waals surface area (Å²) in [5, 5.41) is 0. The molecule has 0 fully saturated rings. The Morgan fingerprint density at radius 2 is 1.75 bits per heavy atom. The van der Waals surface area contributed by atoms with Crippen LogP contribution in [-0.4, -0.2) is 37.8 Å². The van der Waals surface area contributed by atoms with Gasteiger partial charge in [0.15, 0.2) is 0 Å². The molecule has 0 rings (SSSR count). The van der Waals surface area contributed by atoms with Crippen LogP contribution in [0.5, 0.6) is 0 Å². The van der Waals surface area contributed by atoms with Crippen LogP contribution in [0.3, 0.4) is 0 Å². The van der Waals surface area contributed by atoms with E-state index in [4.69, 9.17) is 16.3 Å². The van der Waals surface area contributed by atoms with Crippen molar-refractivity contribution in [3.63, 3.8) is 0 Å². The molecule has 0 saturated heterocycles. The molecule has 0 aliphatic heterocycles. The minimum Gasteiger partial charge on any atom is -0.466 e. The molecule has 6 heteroatoms. The van der Waals surface area contributed by atoms with Crippen LogP contribution in [0.4, 0.5) is 4.79 Å². The summed E-state index contributed by atoms with van der Waals surface area (Å²) in [6.45, 7) is 2.46. The Hall–Kier alpha value is -0.970. The highest BCUT2D eigenvalue weighted by Gasteiger charge is 2.06. The van der Waals surface area contributed by atoms with Gasteiger partial charge in [-0.05, 0) is 12.8 Å². The van der Waals surface area contributed by atoms with Crippen LogP contribution >= 0.6 is 11.6 Å². The fraction of sp³-hybridized carbons (Fsp3) is 0.800. The number of carbonyl (C=O) groups excluding carboxylic acids is 2. The van der Waals surface area contributed by atoms with Gasteiger partial charge in [0.1, 0.15) is 6.61 Å². The molecule has 0 aromatic rings. The number of halogens is 1. The fourth-order valence-corrected chi connectivity index (χ4v) is 0.867. The van der Waals surface area contributed by atoms with Gasteiger partial charge in [0.05, 0.1) is 19.6 Å². The molecule has 0 spiro atoms. The van der Waals surface area contributed by atoms with Crippen molar-refractivity contribution < 1.29 is 23.8 Å². The van der Waals surface area contributed by atoms with E-state index in [2.05, 4.69) is 9.47 Å². The van der Waals surface area contributed by atoms with Crippen LogP contribution in [0.2, 0.25) is 0 Å². The summed E-state index contributed by atoms with van der Waals surface area (Å²) < 4.78 is 14.1. The second-order valence-corrected chi connectivity index (χ2v) is 3.34. The van der Waals surface area contributed by atoms with Gasteiger partial charge in [-0.3, -0.25) is 4.79 Å². The van der Waals surface area contributed by atoms with Crippen molar-refractivity contribution in [2.45, 2.75) is 26.2 Å². The van der Waals surface area contributed by atoms with E-state index in [9.17, 15) is 9.59 Å². The van der Waals surface area contributed by atoms with Crippen LogP contribution in [0.15, 0.2) is 0 Å². The zero-order valence-corrected chi connectivity index (χ0v) is 10.1. The molecule has 0 atom stereocenters. The Morgan fingerprint density at radius 3 is 2.38 bits per heavy atom. The molecule has 0 radical (unpaired) electrons. The third-order valence-corrected chi connectivity index (χ3v) is 1.76. The predicted octanol–water partition coefficient (Wildman–Crippen LogP) is 2.11. The van der Waals surface area contributed by atoms with E-state index in [1.165, 1.54) is 0 Å². The lowest BCUT2D eigenvalue weighted by Crippen LogP contribution is -2.13. The van der Waals surface area contributed by atoms with Crippen molar-refractivity contribution in [1.82, 2.24) is 0 Å². The highest BCUT2D eigenvalue weighted by molar-refractivity contribution is 6.17. The van der Waals surface area contributed by atoms with Gasteiger partial charge in [-0.25, -0.2) is 4.79 Å². The lowest BCUT2D eigenvalue weighted by atomic mass is 10.4. The van der Waals surface area contributed by atoms with Gasteiger partial charge in [0, 0.05) is 5.88 Å². The molecule has 0 aliphatic carbocycles. The SMILES string of the molecule is CCCOC(=O)OCCC(=O)OCCCCl. The normalized spacial score (nSPS) is 9.62. The molecule has 0 saturated carbocycles. The first kappa shape index (κ1) is 15.0. The van der Waals surface area contributed by atoms with E-state index in [1.807, 2.05) is 6.92 Å². The third kappa shape index (κ3) is 9.58. The summed E-state index contributed by atoms with van der Waals surface area (Å²) in [5.41, 5.74) is 0. The summed E-state index contributed by atoms with van der Waals surface area (Å²) in [4.78, 5) is 21.8. The Balaban J connectivity index is 3.36. The maximum atomic E-state index is 11.0. The van der Waals surface area contributed by atoms with Gasteiger partial charge < -0.3 is 14.2 Å². The summed E-state index contributed by atoms with van der Waals surface area (Å²) in [6, 6.07) is 0. The average molecular weight is 253 g/mol. The van der Waals surface area contributed by atoms with Gasteiger partial charge in [-0.2, -0.15) is 0 Å². The molecule has 0 heterocycles. The van der Waals surface area contributed by atoms with Crippen LogP contribution in [0.1, 0.15) is 26.2 Å². The highest BCUT2D eigenvalue weighted by Crippen LogP contribution is 1.94. The molecule has 0 amide bonds. The molecule has 0 aliphatic rings. The standard InChI is InChI=1S/C10H17ClO5/c1-2-6-15-10(13)16-8-4-9(12)14-7-3-5-11/h2-8H2,1H3. The van der Waals surface area contributed by atoms with Crippen LogP contribution in [-0.2, 0) is 19.0 Å². The Morgan fingerprint density at radius 1 is 1.06 bits per heavy atom. The molecule has 16 heavy (non-hydrogen) atoms. The van der Waals surface area contributed by atoms with E-state index in [1.54, 1.807) is 0 Å². The third-order valence-electron chi connectivity index (χ3n) is 1.49. The van der Waals surface area contributed by atoms with Gasteiger partial charge in [0.25, 0.3) is 0 Å². The monoisotopic (exact) mass is 252 g/mol. The molecule has 0 N–H and O–H groups in total. The predicted molar refractivity (Wildman–Crippen MR) is 58.5 cm³/mol. The first-order chi connectivity index (χ1) is 7.70. The van der Waals surface area contributed by atoms with Crippen molar-refractivity contribution in [3.8, 4) is 0 Å². The molecule has 94 valence electrons. The van der Waals surface area contributed by atoms with Gasteiger partial charge in [-0.1, -0.05) is 6.92 Å². The number of carbonyl (C=O) groups is 2. The van der Waals surface area contributed by atoms with Crippen molar-refractivity contribution >= 4 is 23.7 Å². The molecular weight excluding hydrogens is 236 g/mol. The van der Waals surface area contributed by atoms with Crippen LogP contribution in [0.25, 0.3) is 0 Å². The molecule has 0 aromatic carbocycles. The fourth-order valence-electron chi connectivity index (χ4n) is 0.757. The number of alkyl halides is 1. The molecule has 0 unspecified atom stereocenters. The quantitative estimate of drug-likeness (QED) is 0.376. The summed E-state index contributed by atoms with van der Waals surface area (Å²) in [6.07, 6.45) is 0.626. The molecule has 0 bridgehead atoms. The number of hydrogen-bond donors (Lipinski definition) is 0. The Bertz CT molecular complexity index is 207. The van der Waals surface area contributed by atoms with E-state index >= 15 is 0 Å². The molecule has 5 nitrogen and oxygen atoms in total. The highest BCUT2D eigenvalue weighted by atomic mass is 35.5. The van der Waals surface area contributed by atoms with Crippen LogP contribution in [0, 0.1) is 0 Å². The van der Waals surface area contributed by atoms with E-state index in [0.29, 0.717) is 25.5 Å². The number of rotatable bonds is 8. The average Bonchev–Trinajstić information content (AvgIpc) is 2.26. The zero-order chi connectivity index (χ0) is 12.2. The van der Waals surface area contributed by atoms with Crippen molar-refractivity contribution in [2.75, 3.05) is 25.7 Å². The molecule has 0 aromatic heterocycles. The lowest BCUT2D eigenvalue weighted by Gasteiger charge is -2.05. The summed E-state index contributed by atoms with van der Waals surface area (Å²) in [7, 11) is 0. The number of esters is 1. The lowest BCUT2D eigenvalue weighted by molar-refractivity contribution is -0.144. The first-order valence-electron chi connectivity index (χ1n) is 5.21. The second kappa shape index (κ2) is 10.5. The van der Waals surface area contributed by atoms with Crippen molar-refractivity contribution in [3.05, 3.63) is 0 Å². The minimum absolute atomic E-state index is 0.0255. The van der Waals surface area contributed by atoms with E-state index < -0.39 is 12.1 Å². The maximum absolute atomic E-state index is 11.0. The zero-order valence-electron chi connectivity index (χ0n) is 9.37. The number of ether oxygens (including phenoxy) is 3. The van der Waals surface area contributed by atoms with Crippen molar-refractivity contribution in [1.29, 1.82) is 0 Å². The topological polar surface area (TPSA) is 61.8 Å². The van der Waals surface area contributed by atoms with E-state index in [-0.39, 0.29) is 13.0 Å². The Labute approximate surface area is 100.0 Å². The van der Waals surface area contributed by atoms with E-state index in [0.717, 1.165) is 6.42 Å². The van der Waals surface area contributed by atoms with Crippen LogP contribution < -0.4 is 0 Å². The summed E-state index contributed by atoms with van der Waals surface area (Å²) >= 11 is 5.40. The van der Waals surface area contributed by atoms with Crippen molar-refractivity contribution in [2.24, 2.45) is 0 Å². The Kier molecular flexibility index (Phi) is 9.91. The summed E-state index contributed by atoms with van der Waals surface area (Å²) in [5.74, 6) is 0.0426. The van der Waals surface area contributed by atoms with Gasteiger partial charge in [0.2, 0.25) is 0 Å². The largest absolute Gasteiger partial charge is 0.508 e. The minimum atomic E-state index is -0.754. The second-order valence-electron chi connectivity index (χ2n) is 2.96. The van der Waals surface area contributed by atoms with Gasteiger partial charge in [-0.15, -0.1) is 11.6 Å². The smallest absolute Gasteiger partial charge is 0.466 e.